The monoisotopic (exact) mass is 451 g/mol. The summed E-state index contributed by atoms with van der Waals surface area (Å²) < 4.78 is 23.6. The molecule has 0 atom stereocenters. The first-order valence-electron chi connectivity index (χ1n) is 10.6. The quantitative estimate of drug-likeness (QED) is 0.199. The van der Waals surface area contributed by atoms with E-state index in [4.69, 9.17) is 13.0 Å². The maximum absolute atomic E-state index is 11.8. The van der Waals surface area contributed by atoms with Crippen LogP contribution in [0.1, 0.15) is 52.9 Å². The van der Waals surface area contributed by atoms with Crippen molar-refractivity contribution in [1.82, 2.24) is 16.2 Å². The second-order valence-corrected chi connectivity index (χ2v) is 15.1. The Kier molecular flexibility index (Phi) is 15.0. The Morgan fingerprint density at radius 1 is 0.862 bits per heavy atom. The number of hydrogen-bond acceptors (Lipinski definition) is 6. The highest BCUT2D eigenvalue weighted by Crippen LogP contribution is 2.24. The summed E-state index contributed by atoms with van der Waals surface area (Å²) in [6, 6.07) is 0.131. The Hall–Kier alpha value is -1.15. The number of carbonyl (C=O) groups is 2. The summed E-state index contributed by atoms with van der Waals surface area (Å²) in [5.74, 6) is 0. The van der Waals surface area contributed by atoms with Crippen molar-refractivity contribution >= 4 is 29.2 Å². The molecular formula is C18H41N3O6Si2. The minimum absolute atomic E-state index is 0.231. The number of carbonyl (C=O) groups excluding carboxylic acids is 2. The van der Waals surface area contributed by atoms with Crippen molar-refractivity contribution in [2.24, 2.45) is 0 Å². The molecule has 0 aliphatic heterocycles. The molecule has 172 valence electrons. The molecular weight excluding hydrogens is 410 g/mol. The highest BCUT2D eigenvalue weighted by atomic mass is 28.5. The van der Waals surface area contributed by atoms with Crippen molar-refractivity contribution in [3.05, 3.63) is 0 Å². The lowest BCUT2D eigenvalue weighted by Crippen LogP contribution is -2.53. The van der Waals surface area contributed by atoms with E-state index in [1.54, 1.807) is 6.92 Å². The van der Waals surface area contributed by atoms with Gasteiger partial charge in [-0.2, -0.15) is 0 Å². The largest absolute Gasteiger partial charge is 0.490 e. The van der Waals surface area contributed by atoms with Gasteiger partial charge in [0.15, 0.2) is 8.32 Å². The molecule has 0 radical (unpaired) electrons. The highest BCUT2D eigenvalue weighted by Gasteiger charge is 2.44. The second-order valence-electron chi connectivity index (χ2n) is 7.63. The number of nitrogens with one attached hydrogen (secondary N) is 3. The number of ether oxygens (including phenoxy) is 1. The van der Waals surface area contributed by atoms with Crippen LogP contribution in [0, 0.1) is 0 Å². The topological polar surface area (TPSA) is 107 Å². The van der Waals surface area contributed by atoms with E-state index < -0.39 is 29.2 Å². The molecule has 0 rings (SSSR count). The number of hydrazine groups is 1. The van der Waals surface area contributed by atoms with Crippen LogP contribution in [0.15, 0.2) is 0 Å². The van der Waals surface area contributed by atoms with Gasteiger partial charge in [0.05, 0.1) is 6.61 Å². The van der Waals surface area contributed by atoms with Crippen LogP contribution < -0.4 is 16.2 Å². The highest BCUT2D eigenvalue weighted by molar-refractivity contribution is 6.80. The van der Waals surface area contributed by atoms with Gasteiger partial charge >= 0.3 is 20.9 Å². The summed E-state index contributed by atoms with van der Waals surface area (Å²) in [7, 11) is -4.70. The fourth-order valence-electron chi connectivity index (χ4n) is 2.33. The molecule has 11 heteroatoms. The molecule has 3 N–H and O–H groups in total. The van der Waals surface area contributed by atoms with Gasteiger partial charge in [-0.1, -0.05) is 26.7 Å². The zero-order valence-electron chi connectivity index (χ0n) is 19.0. The van der Waals surface area contributed by atoms with Gasteiger partial charge in [0.2, 0.25) is 0 Å². The van der Waals surface area contributed by atoms with Crippen LogP contribution in [0.2, 0.25) is 25.7 Å². The maximum Gasteiger partial charge on any atom is 0.490 e. The average Bonchev–Trinajstić information content (AvgIpc) is 2.63. The smallest absolute Gasteiger partial charge is 0.449 e. The molecule has 0 unspecified atom stereocenters. The van der Waals surface area contributed by atoms with E-state index in [-0.39, 0.29) is 6.61 Å². The molecule has 0 spiro atoms. The van der Waals surface area contributed by atoms with Crippen LogP contribution in [0.4, 0.5) is 9.59 Å². The van der Waals surface area contributed by atoms with Gasteiger partial charge in [0, 0.05) is 25.8 Å². The summed E-state index contributed by atoms with van der Waals surface area (Å²) in [6.07, 6.45) is 3.96. The minimum Gasteiger partial charge on any atom is -0.449 e. The third kappa shape index (κ3) is 15.4. The van der Waals surface area contributed by atoms with Gasteiger partial charge in [-0.15, -0.1) is 0 Å². The molecule has 0 saturated carbocycles. The summed E-state index contributed by atoms with van der Waals surface area (Å²) in [6.45, 7) is 14.2. The molecule has 0 heterocycles. The van der Waals surface area contributed by atoms with Crippen molar-refractivity contribution in [2.75, 3.05) is 26.4 Å². The van der Waals surface area contributed by atoms with Crippen LogP contribution in [0.5, 0.6) is 0 Å². The van der Waals surface area contributed by atoms with Crippen molar-refractivity contribution in [1.29, 1.82) is 0 Å². The first-order valence-corrected chi connectivity index (χ1v) is 16.0. The number of urea groups is 1. The predicted octanol–water partition coefficient (Wildman–Crippen LogP) is 3.76. The lowest BCUT2D eigenvalue weighted by Gasteiger charge is -2.35. The third-order valence-electron chi connectivity index (χ3n) is 3.60. The minimum atomic E-state index is -2.82. The Morgan fingerprint density at radius 2 is 1.45 bits per heavy atom. The van der Waals surface area contributed by atoms with Gasteiger partial charge in [-0.25, -0.2) is 20.4 Å². The molecule has 0 saturated heterocycles. The van der Waals surface area contributed by atoms with Gasteiger partial charge in [0.1, 0.15) is 0 Å². The molecule has 29 heavy (non-hydrogen) atoms. The van der Waals surface area contributed by atoms with Crippen LogP contribution in [0.25, 0.3) is 0 Å². The summed E-state index contributed by atoms with van der Waals surface area (Å²) in [5, 5.41) is 2.70. The molecule has 0 aliphatic carbocycles. The molecule has 3 amide bonds. The van der Waals surface area contributed by atoms with E-state index in [1.807, 2.05) is 0 Å². The van der Waals surface area contributed by atoms with Crippen molar-refractivity contribution in [3.8, 4) is 0 Å². The summed E-state index contributed by atoms with van der Waals surface area (Å²) in [5.41, 5.74) is 4.39. The number of rotatable bonds is 15. The van der Waals surface area contributed by atoms with Gasteiger partial charge in [-0.3, -0.25) is 0 Å². The van der Waals surface area contributed by atoms with Crippen molar-refractivity contribution in [3.63, 3.8) is 0 Å². The lowest BCUT2D eigenvalue weighted by molar-refractivity contribution is 0.0996. The van der Waals surface area contributed by atoms with Crippen LogP contribution in [0.3, 0.4) is 0 Å². The number of unbranched alkanes of at least 4 members (excludes halogenated alkanes) is 2. The van der Waals surface area contributed by atoms with E-state index >= 15 is 0 Å². The molecule has 0 aromatic rings. The zero-order chi connectivity index (χ0) is 22.2. The summed E-state index contributed by atoms with van der Waals surface area (Å²) in [4.78, 5) is 22.9. The first kappa shape index (κ1) is 27.9. The molecule has 0 aromatic carbocycles. The molecule has 0 aliphatic rings. The normalized spacial score (nSPS) is 11.8. The fraction of sp³-hybridized carbons (Fsp3) is 0.889. The fourth-order valence-corrected chi connectivity index (χ4v) is 8.84. The lowest BCUT2D eigenvalue weighted by atomic mass is 10.4. The second kappa shape index (κ2) is 15.7. The Bertz CT molecular complexity index is 453. The van der Waals surface area contributed by atoms with E-state index in [1.165, 1.54) is 0 Å². The van der Waals surface area contributed by atoms with Crippen LogP contribution >= 0.6 is 0 Å². The van der Waals surface area contributed by atoms with Crippen molar-refractivity contribution < 1.29 is 27.3 Å². The van der Waals surface area contributed by atoms with E-state index in [2.05, 4.69) is 54.4 Å². The van der Waals surface area contributed by atoms with Crippen LogP contribution in [-0.4, -0.2) is 55.6 Å². The van der Waals surface area contributed by atoms with Gasteiger partial charge < -0.3 is 23.0 Å². The van der Waals surface area contributed by atoms with E-state index in [0.717, 1.165) is 25.7 Å². The third-order valence-corrected chi connectivity index (χ3v) is 9.55. The Labute approximate surface area is 178 Å². The molecule has 9 nitrogen and oxygen atoms in total. The van der Waals surface area contributed by atoms with E-state index in [9.17, 15) is 9.59 Å². The number of amides is 3. The standard InChI is InChI=1S/C18H41N3O6Si2/c1-7-10-14-25-29(26-15-11-8-2,27-28(4,5)6)16-12-13-19-17(22)20-21-18(23)24-9-3/h7-16H2,1-6H3,(H,21,23)(H2,19,20,22). The summed E-state index contributed by atoms with van der Waals surface area (Å²) >= 11 is 0. The van der Waals surface area contributed by atoms with Gasteiger partial charge in [0.25, 0.3) is 0 Å². The van der Waals surface area contributed by atoms with E-state index in [0.29, 0.717) is 32.2 Å². The Balaban J connectivity index is 4.69. The number of hydrogen-bond donors (Lipinski definition) is 3. The SMILES string of the molecule is CCCCO[Si](CCCNC(=O)NNC(=O)OCC)(OCCCC)O[Si](C)(C)C. The first-order chi connectivity index (χ1) is 13.7. The zero-order valence-corrected chi connectivity index (χ0v) is 21.0. The van der Waals surface area contributed by atoms with Crippen LogP contribution in [-0.2, 0) is 17.7 Å². The predicted molar refractivity (Wildman–Crippen MR) is 118 cm³/mol. The Morgan fingerprint density at radius 3 is 1.93 bits per heavy atom. The van der Waals surface area contributed by atoms with Gasteiger partial charge in [-0.05, 0) is 45.8 Å². The van der Waals surface area contributed by atoms with Crippen molar-refractivity contribution in [2.45, 2.75) is 78.6 Å². The average molecular weight is 452 g/mol. The maximum atomic E-state index is 11.8. The molecule has 0 bridgehead atoms. The molecule has 0 fully saturated rings. The molecule has 0 aromatic heterocycles.